The molecule has 0 bridgehead atoms. The number of aliphatic carboxylic acids is 1. The summed E-state index contributed by atoms with van der Waals surface area (Å²) in [5, 5.41) is 80.6. The summed E-state index contributed by atoms with van der Waals surface area (Å²) in [7, 11) is 0. The number of carboxylic acids is 1. The molecular weight excluding hydrogens is 620 g/mol. The van der Waals surface area contributed by atoms with Gasteiger partial charge in [0.05, 0.1) is 6.61 Å². The molecule has 1 aromatic heterocycles. The van der Waals surface area contributed by atoms with Crippen LogP contribution in [0, 0.1) is 0 Å². The lowest BCUT2D eigenvalue weighted by Gasteiger charge is -2.40. The van der Waals surface area contributed by atoms with E-state index in [4.69, 9.17) is 33.2 Å². The number of ether oxygens (including phenoxy) is 5. The number of carbonyl (C=O) groups excluding carboxylic acids is 1. The van der Waals surface area contributed by atoms with Crippen molar-refractivity contribution in [2.24, 2.45) is 0 Å². The largest absolute Gasteiger partial charge is 0.508 e. The molecule has 9 unspecified atom stereocenters. The van der Waals surface area contributed by atoms with Gasteiger partial charge in [0.2, 0.25) is 6.29 Å². The van der Waals surface area contributed by atoms with Crippen molar-refractivity contribution in [2.45, 2.75) is 61.7 Å². The van der Waals surface area contributed by atoms with Gasteiger partial charge in [-0.05, 0) is 24.3 Å². The van der Waals surface area contributed by atoms with Crippen LogP contribution in [0.25, 0.3) is 22.3 Å². The molecule has 0 spiro atoms. The average Bonchev–Trinajstić information content (AvgIpc) is 3.27. The van der Waals surface area contributed by atoms with Crippen molar-refractivity contribution < 1.29 is 78.5 Å². The zero-order chi connectivity index (χ0) is 33.3. The Bertz CT molecular complexity index is 1620. The van der Waals surface area contributed by atoms with Gasteiger partial charge in [0.1, 0.15) is 89.7 Å². The lowest BCUT2D eigenvalue weighted by Crippen LogP contribution is -2.60. The molecule has 2 saturated heterocycles. The Morgan fingerprint density at radius 3 is 2.11 bits per heavy atom. The van der Waals surface area contributed by atoms with E-state index >= 15 is 0 Å². The maximum atomic E-state index is 12.7. The molecule has 0 saturated carbocycles. The first kappa shape index (κ1) is 33.0. The predicted molar refractivity (Wildman–Crippen MR) is 148 cm³/mol. The van der Waals surface area contributed by atoms with E-state index in [1.165, 1.54) is 30.3 Å². The fourth-order valence-electron chi connectivity index (χ4n) is 4.89. The highest BCUT2D eigenvalue weighted by Crippen LogP contribution is 2.34. The molecule has 248 valence electrons. The normalized spacial score (nSPS) is 29.5. The first-order valence-corrected chi connectivity index (χ1v) is 13.8. The number of aliphatic hydroxyl groups is 5. The third kappa shape index (κ3) is 7.06. The van der Waals surface area contributed by atoms with Crippen molar-refractivity contribution in [3.63, 3.8) is 0 Å². The molecule has 5 rings (SSSR count). The zero-order valence-corrected chi connectivity index (χ0v) is 23.6. The molecule has 0 aliphatic carbocycles. The highest BCUT2D eigenvalue weighted by Gasteiger charge is 2.48. The smallest absolute Gasteiger partial charge is 0.317 e. The third-order valence-corrected chi connectivity index (χ3v) is 7.30. The van der Waals surface area contributed by atoms with Crippen molar-refractivity contribution >= 4 is 22.9 Å². The number of phenolic OH excluding ortho intramolecular Hbond substituents is 2. The Hall–Kier alpha value is -4.33. The van der Waals surface area contributed by atoms with Gasteiger partial charge in [-0.2, -0.15) is 0 Å². The molecule has 2 aliphatic heterocycles. The molecule has 17 nitrogen and oxygen atoms in total. The summed E-state index contributed by atoms with van der Waals surface area (Å²) in [4.78, 5) is 34.8. The molecule has 8 N–H and O–H groups in total. The zero-order valence-electron chi connectivity index (χ0n) is 23.6. The average molecular weight is 651 g/mol. The number of aliphatic hydroxyl groups excluding tert-OH is 5. The standard InChI is InChI=1S/C29H30O17/c30-12-3-1-11(2-4-12)16-7-15(32)22-14(31)5-13(6-17(22)44-16)43-29-27(40)25(38)23(36)19(46-29)10-42-28-26(39)24(37)18(45-28)9-41-21(35)8-20(33)34/h1-7,18-19,23-31,36-40H,8-10H2,(H,33,34). The van der Waals surface area contributed by atoms with Crippen LogP contribution in [-0.4, -0.2) is 121 Å². The van der Waals surface area contributed by atoms with Crippen molar-refractivity contribution in [1.82, 2.24) is 0 Å². The van der Waals surface area contributed by atoms with Crippen LogP contribution >= 0.6 is 0 Å². The number of carboxylic acid groups (broad SMARTS) is 1. The fourth-order valence-corrected chi connectivity index (χ4v) is 4.89. The van der Waals surface area contributed by atoms with Crippen molar-refractivity contribution in [2.75, 3.05) is 13.2 Å². The summed E-state index contributed by atoms with van der Waals surface area (Å²) in [5.74, 6) is -3.11. The van der Waals surface area contributed by atoms with E-state index < -0.39 is 98.1 Å². The number of phenols is 2. The Morgan fingerprint density at radius 2 is 1.41 bits per heavy atom. The molecule has 0 amide bonds. The first-order chi connectivity index (χ1) is 21.8. The number of fused-ring (bicyclic) bond motifs is 1. The monoisotopic (exact) mass is 650 g/mol. The van der Waals surface area contributed by atoms with Crippen LogP contribution in [-0.2, 0) is 28.5 Å². The second kappa shape index (κ2) is 13.6. The minimum atomic E-state index is -1.83. The first-order valence-electron chi connectivity index (χ1n) is 13.8. The van der Waals surface area contributed by atoms with Crippen LogP contribution in [0.2, 0.25) is 0 Å². The summed E-state index contributed by atoms with van der Waals surface area (Å²) in [6.07, 6.45) is -15.5. The minimum absolute atomic E-state index is 0.00625. The van der Waals surface area contributed by atoms with Gasteiger partial charge in [0, 0.05) is 23.8 Å². The Balaban J connectivity index is 1.27. The van der Waals surface area contributed by atoms with Gasteiger partial charge in [-0.25, -0.2) is 0 Å². The molecule has 3 aromatic rings. The predicted octanol–water partition coefficient (Wildman–Crippen LogP) is -1.46. The minimum Gasteiger partial charge on any atom is -0.508 e. The highest BCUT2D eigenvalue weighted by atomic mass is 16.7. The summed E-state index contributed by atoms with van der Waals surface area (Å²) >= 11 is 0. The number of hydrogen-bond donors (Lipinski definition) is 8. The maximum Gasteiger partial charge on any atom is 0.317 e. The van der Waals surface area contributed by atoms with Gasteiger partial charge in [0.15, 0.2) is 11.7 Å². The second-order valence-corrected chi connectivity index (χ2v) is 10.6. The number of hydrogen-bond acceptors (Lipinski definition) is 16. The summed E-state index contributed by atoms with van der Waals surface area (Å²) < 4.78 is 32.5. The SMILES string of the molecule is O=C(O)CC(=O)OCC1OC(OCC2OC(Oc3cc(O)c4c(=O)cc(-c5ccc(O)cc5)oc4c3)C(O)C(O)C2O)C(O)C1O. The van der Waals surface area contributed by atoms with E-state index in [1.807, 2.05) is 0 Å². The molecule has 2 aliphatic rings. The van der Waals surface area contributed by atoms with E-state index in [1.54, 1.807) is 0 Å². The van der Waals surface area contributed by atoms with E-state index in [0.717, 1.165) is 12.1 Å². The van der Waals surface area contributed by atoms with E-state index in [2.05, 4.69) is 0 Å². The maximum absolute atomic E-state index is 12.7. The van der Waals surface area contributed by atoms with Crippen molar-refractivity contribution in [3.8, 4) is 28.6 Å². The van der Waals surface area contributed by atoms with E-state index in [0.29, 0.717) is 5.56 Å². The third-order valence-electron chi connectivity index (χ3n) is 7.30. The van der Waals surface area contributed by atoms with Gasteiger partial charge in [-0.15, -0.1) is 0 Å². The Morgan fingerprint density at radius 1 is 0.783 bits per heavy atom. The van der Waals surface area contributed by atoms with Crippen LogP contribution in [0.4, 0.5) is 0 Å². The number of carbonyl (C=O) groups is 2. The lowest BCUT2D eigenvalue weighted by molar-refractivity contribution is -0.290. The van der Waals surface area contributed by atoms with Crippen molar-refractivity contribution in [3.05, 3.63) is 52.7 Å². The van der Waals surface area contributed by atoms with Crippen LogP contribution in [0.5, 0.6) is 17.2 Å². The lowest BCUT2D eigenvalue weighted by atomic mass is 9.99. The molecule has 2 fully saturated rings. The van der Waals surface area contributed by atoms with Crippen LogP contribution in [0.1, 0.15) is 6.42 Å². The van der Waals surface area contributed by atoms with Crippen molar-refractivity contribution in [1.29, 1.82) is 0 Å². The molecule has 2 aromatic carbocycles. The van der Waals surface area contributed by atoms with E-state index in [9.17, 15) is 50.1 Å². The molecule has 9 atom stereocenters. The Labute approximate surface area is 257 Å². The van der Waals surface area contributed by atoms with Crippen LogP contribution < -0.4 is 10.2 Å². The van der Waals surface area contributed by atoms with Gasteiger partial charge >= 0.3 is 11.9 Å². The summed E-state index contributed by atoms with van der Waals surface area (Å²) in [6.45, 7) is -1.18. The molecule has 3 heterocycles. The molecular formula is C29H30O17. The van der Waals surface area contributed by atoms with Crippen LogP contribution in [0.3, 0.4) is 0 Å². The molecule has 17 heteroatoms. The van der Waals surface area contributed by atoms with Gasteiger partial charge in [-0.3, -0.25) is 14.4 Å². The number of benzene rings is 2. The molecule has 0 radical (unpaired) electrons. The number of esters is 1. The van der Waals surface area contributed by atoms with Crippen LogP contribution in [0.15, 0.2) is 51.7 Å². The van der Waals surface area contributed by atoms with Gasteiger partial charge in [0.25, 0.3) is 0 Å². The summed E-state index contributed by atoms with van der Waals surface area (Å²) in [6, 6.07) is 9.23. The quantitative estimate of drug-likeness (QED) is 0.0919. The fraction of sp³-hybridized carbons (Fsp3) is 0.414. The number of rotatable bonds is 10. The Kier molecular flexibility index (Phi) is 9.75. The topological polar surface area (TPSA) is 272 Å². The second-order valence-electron chi connectivity index (χ2n) is 10.6. The number of aromatic hydroxyl groups is 2. The van der Waals surface area contributed by atoms with E-state index in [-0.39, 0.29) is 28.2 Å². The summed E-state index contributed by atoms with van der Waals surface area (Å²) in [5.41, 5.74) is -0.242. The van der Waals surface area contributed by atoms with Gasteiger partial charge in [-0.1, -0.05) is 0 Å². The van der Waals surface area contributed by atoms with Gasteiger partial charge < -0.3 is 69.0 Å². The highest BCUT2D eigenvalue weighted by molar-refractivity contribution is 5.90. The molecule has 46 heavy (non-hydrogen) atoms.